The second kappa shape index (κ2) is 12.4. The molecule has 0 aliphatic carbocycles. The van der Waals surface area contributed by atoms with Gasteiger partial charge in [0.15, 0.2) is 5.96 Å². The van der Waals surface area contributed by atoms with Gasteiger partial charge in [-0.25, -0.2) is 0 Å². The maximum absolute atomic E-state index is 5.99. The maximum atomic E-state index is 5.99. The maximum Gasteiger partial charge on any atom is 0.191 e. The molecule has 6 heteroatoms. The van der Waals surface area contributed by atoms with Crippen molar-refractivity contribution in [2.24, 2.45) is 4.99 Å². The zero-order chi connectivity index (χ0) is 17.1. The van der Waals surface area contributed by atoms with Gasteiger partial charge in [-0.3, -0.25) is 4.99 Å². The number of nitrogens with one attached hydrogen (secondary N) is 2. The first-order chi connectivity index (χ1) is 11.0. The van der Waals surface area contributed by atoms with Crippen LogP contribution in [-0.2, 0) is 4.74 Å². The van der Waals surface area contributed by atoms with Crippen LogP contribution in [0.4, 0.5) is 0 Å². The normalized spacial score (nSPS) is 13.0. The highest BCUT2D eigenvalue weighted by Gasteiger charge is 2.16. The number of ether oxygens (including phenoxy) is 2. The molecule has 0 saturated heterocycles. The number of hydrogen-bond acceptors (Lipinski definition) is 3. The Kier molecular flexibility index (Phi) is 11.8. The van der Waals surface area contributed by atoms with Crippen LogP contribution in [0.3, 0.4) is 0 Å². The van der Waals surface area contributed by atoms with Crippen LogP contribution in [0.1, 0.15) is 34.1 Å². The molecule has 24 heavy (non-hydrogen) atoms. The molecule has 138 valence electrons. The van der Waals surface area contributed by atoms with E-state index in [0.717, 1.165) is 24.7 Å². The molecule has 1 aromatic carbocycles. The average molecular weight is 449 g/mol. The van der Waals surface area contributed by atoms with E-state index in [1.54, 1.807) is 7.11 Å². The van der Waals surface area contributed by atoms with Gasteiger partial charge >= 0.3 is 0 Å². The van der Waals surface area contributed by atoms with Gasteiger partial charge in [0.05, 0.1) is 18.7 Å². The molecule has 0 aliphatic heterocycles. The molecule has 0 spiro atoms. The monoisotopic (exact) mass is 449 g/mol. The predicted octanol–water partition coefficient (Wildman–Crippen LogP) is 3.44. The van der Waals surface area contributed by atoms with Crippen molar-refractivity contribution in [1.29, 1.82) is 0 Å². The lowest BCUT2D eigenvalue weighted by molar-refractivity contribution is 0.0310. The summed E-state index contributed by atoms with van der Waals surface area (Å²) in [4.78, 5) is 4.58. The summed E-state index contributed by atoms with van der Waals surface area (Å²) in [6.45, 7) is 10.3. The zero-order valence-corrected chi connectivity index (χ0v) is 17.8. The molecule has 0 fully saturated rings. The summed E-state index contributed by atoms with van der Waals surface area (Å²) in [6, 6.07) is 9.90. The molecule has 0 bridgehead atoms. The molecule has 1 aromatic rings. The van der Waals surface area contributed by atoms with Crippen LogP contribution in [0.15, 0.2) is 35.3 Å². The molecule has 0 saturated carbocycles. The van der Waals surface area contributed by atoms with E-state index in [2.05, 4.69) is 29.5 Å². The molecule has 1 unspecified atom stereocenters. The zero-order valence-electron chi connectivity index (χ0n) is 15.5. The van der Waals surface area contributed by atoms with Gasteiger partial charge in [0.2, 0.25) is 0 Å². The van der Waals surface area contributed by atoms with Gasteiger partial charge < -0.3 is 20.1 Å². The smallest absolute Gasteiger partial charge is 0.191 e. The van der Waals surface area contributed by atoms with Crippen molar-refractivity contribution in [3.05, 3.63) is 30.3 Å². The molecular weight excluding hydrogens is 417 g/mol. The lowest BCUT2D eigenvalue weighted by Crippen LogP contribution is -2.43. The Morgan fingerprint density at radius 2 is 1.83 bits per heavy atom. The van der Waals surface area contributed by atoms with E-state index in [-0.39, 0.29) is 35.7 Å². The van der Waals surface area contributed by atoms with Crippen molar-refractivity contribution in [3.8, 4) is 5.75 Å². The number of benzene rings is 1. The van der Waals surface area contributed by atoms with Crippen molar-refractivity contribution in [3.63, 3.8) is 0 Å². The Bertz CT molecular complexity index is 467. The topological polar surface area (TPSA) is 54.9 Å². The molecule has 2 N–H and O–H groups in total. The number of nitrogens with zero attached hydrogens (tertiary/aromatic N) is 1. The highest BCUT2D eigenvalue weighted by atomic mass is 127. The van der Waals surface area contributed by atoms with E-state index in [9.17, 15) is 0 Å². The largest absolute Gasteiger partial charge is 0.489 e. The first-order valence-electron chi connectivity index (χ1n) is 8.29. The molecule has 1 rings (SSSR count). The molecule has 0 aliphatic rings. The van der Waals surface area contributed by atoms with Gasteiger partial charge in [-0.05, 0) is 39.3 Å². The summed E-state index contributed by atoms with van der Waals surface area (Å²) in [6.07, 6.45) is 1.02. The quantitative estimate of drug-likeness (QED) is 0.345. The van der Waals surface area contributed by atoms with Crippen LogP contribution in [0.2, 0.25) is 0 Å². The minimum absolute atomic E-state index is 0. The Labute approximate surface area is 163 Å². The average Bonchev–Trinajstić information content (AvgIpc) is 2.57. The van der Waals surface area contributed by atoms with Gasteiger partial charge in [-0.2, -0.15) is 0 Å². The van der Waals surface area contributed by atoms with Gasteiger partial charge in [0.1, 0.15) is 11.9 Å². The third-order valence-corrected chi connectivity index (χ3v) is 3.51. The van der Waals surface area contributed by atoms with Crippen LogP contribution < -0.4 is 15.4 Å². The first kappa shape index (κ1) is 23.0. The van der Waals surface area contributed by atoms with Crippen LogP contribution in [-0.4, -0.2) is 44.4 Å². The molecule has 0 radical (unpaired) electrons. The summed E-state index contributed by atoms with van der Waals surface area (Å²) >= 11 is 0. The SMILES string of the molecule is CCNC(=NCC(C)(C)OC)NCC(CC)Oc1ccccc1.I. The second-order valence-corrected chi connectivity index (χ2v) is 6.00. The standard InChI is InChI=1S/C18H31N3O2.HI/c1-6-15(23-16-11-9-8-10-12-16)13-20-17(19-7-2)21-14-18(3,4)22-5;/h8-12,15H,6-7,13-14H2,1-5H3,(H2,19,20,21);1H. The Morgan fingerprint density at radius 3 is 2.38 bits per heavy atom. The van der Waals surface area contributed by atoms with Crippen molar-refractivity contribution in [1.82, 2.24) is 10.6 Å². The summed E-state index contributed by atoms with van der Waals surface area (Å²) < 4.78 is 11.4. The van der Waals surface area contributed by atoms with E-state index in [1.807, 2.05) is 44.2 Å². The number of guanidine groups is 1. The van der Waals surface area contributed by atoms with Crippen LogP contribution in [0.25, 0.3) is 0 Å². The summed E-state index contributed by atoms with van der Waals surface area (Å²) in [7, 11) is 1.71. The second-order valence-electron chi connectivity index (χ2n) is 6.00. The minimum atomic E-state index is -0.271. The van der Waals surface area contributed by atoms with Gasteiger partial charge in [0.25, 0.3) is 0 Å². The molecule has 0 heterocycles. The van der Waals surface area contributed by atoms with E-state index < -0.39 is 0 Å². The van der Waals surface area contributed by atoms with Gasteiger partial charge in [0, 0.05) is 13.7 Å². The molecule has 5 nitrogen and oxygen atoms in total. The molecule has 1 atom stereocenters. The number of methoxy groups -OCH3 is 1. The Morgan fingerprint density at radius 1 is 1.17 bits per heavy atom. The third-order valence-electron chi connectivity index (χ3n) is 3.51. The summed E-state index contributed by atoms with van der Waals surface area (Å²) in [5, 5.41) is 6.60. The molecule has 0 aromatic heterocycles. The number of rotatable bonds is 9. The molecular formula is C18H32IN3O2. The van der Waals surface area contributed by atoms with E-state index >= 15 is 0 Å². The van der Waals surface area contributed by atoms with Crippen molar-refractivity contribution >= 4 is 29.9 Å². The lowest BCUT2D eigenvalue weighted by Gasteiger charge is -2.22. The van der Waals surface area contributed by atoms with Crippen molar-refractivity contribution in [2.75, 3.05) is 26.7 Å². The fraction of sp³-hybridized carbons (Fsp3) is 0.611. The van der Waals surface area contributed by atoms with Gasteiger partial charge in [-0.15, -0.1) is 24.0 Å². The molecule has 0 amide bonds. The summed E-state index contributed by atoms with van der Waals surface area (Å²) in [5.74, 6) is 1.68. The van der Waals surface area contributed by atoms with Gasteiger partial charge in [-0.1, -0.05) is 25.1 Å². The number of aliphatic imine (C=N–C) groups is 1. The van der Waals surface area contributed by atoms with Crippen molar-refractivity contribution in [2.45, 2.75) is 45.8 Å². The first-order valence-corrected chi connectivity index (χ1v) is 8.29. The minimum Gasteiger partial charge on any atom is -0.489 e. The fourth-order valence-corrected chi connectivity index (χ4v) is 1.85. The van der Waals surface area contributed by atoms with E-state index in [4.69, 9.17) is 9.47 Å². The highest BCUT2D eigenvalue weighted by Crippen LogP contribution is 2.12. The summed E-state index contributed by atoms with van der Waals surface area (Å²) in [5.41, 5.74) is -0.271. The number of hydrogen-bond donors (Lipinski definition) is 2. The third kappa shape index (κ3) is 9.32. The van der Waals surface area contributed by atoms with Crippen molar-refractivity contribution < 1.29 is 9.47 Å². The number of para-hydroxylation sites is 1. The van der Waals surface area contributed by atoms with E-state index in [0.29, 0.717) is 13.1 Å². The van der Waals surface area contributed by atoms with Crippen LogP contribution in [0.5, 0.6) is 5.75 Å². The Hall–Kier alpha value is -1.02. The van der Waals surface area contributed by atoms with E-state index in [1.165, 1.54) is 0 Å². The lowest BCUT2D eigenvalue weighted by atomic mass is 10.1. The van der Waals surface area contributed by atoms with Crippen LogP contribution in [0, 0.1) is 0 Å². The highest BCUT2D eigenvalue weighted by molar-refractivity contribution is 14.0. The predicted molar refractivity (Wildman–Crippen MR) is 112 cm³/mol. The fourth-order valence-electron chi connectivity index (χ4n) is 1.85. The Balaban J connectivity index is 0.00000529. The van der Waals surface area contributed by atoms with Crippen LogP contribution >= 0.6 is 24.0 Å². The number of halogens is 1.